The number of alkyl halides is 3. The standard InChI is InChI=1S/C12H15F2IO/c1-9-3-5-10(6-4-9)11(7-15)16-8-12(2,13)14/h3-6,11H,7-8H2,1-2H3. The van der Waals surface area contributed by atoms with Crippen LogP contribution >= 0.6 is 22.6 Å². The fraction of sp³-hybridized carbons (Fsp3) is 0.500. The third kappa shape index (κ3) is 4.74. The number of benzene rings is 1. The maximum Gasteiger partial charge on any atom is 0.268 e. The second kappa shape index (κ2) is 5.91. The van der Waals surface area contributed by atoms with Crippen LogP contribution in [0.2, 0.25) is 0 Å². The van der Waals surface area contributed by atoms with Crippen LogP contribution in [0.4, 0.5) is 8.78 Å². The van der Waals surface area contributed by atoms with Gasteiger partial charge in [0, 0.05) is 11.4 Å². The Labute approximate surface area is 108 Å². The zero-order chi connectivity index (χ0) is 12.2. The summed E-state index contributed by atoms with van der Waals surface area (Å²) in [4.78, 5) is 0. The topological polar surface area (TPSA) is 9.23 Å². The van der Waals surface area contributed by atoms with E-state index in [2.05, 4.69) is 22.6 Å². The molecule has 1 aromatic rings. The number of halogens is 3. The van der Waals surface area contributed by atoms with Crippen LogP contribution < -0.4 is 0 Å². The minimum absolute atomic E-state index is 0.257. The van der Waals surface area contributed by atoms with Gasteiger partial charge in [0.2, 0.25) is 0 Å². The summed E-state index contributed by atoms with van der Waals surface area (Å²) in [6.07, 6.45) is -0.257. The molecule has 0 N–H and O–H groups in total. The van der Waals surface area contributed by atoms with E-state index in [1.165, 1.54) is 0 Å². The highest BCUT2D eigenvalue weighted by molar-refractivity contribution is 14.1. The number of ether oxygens (including phenoxy) is 1. The molecule has 0 spiro atoms. The van der Waals surface area contributed by atoms with Gasteiger partial charge in [-0.05, 0) is 12.5 Å². The van der Waals surface area contributed by atoms with Crippen molar-refractivity contribution < 1.29 is 13.5 Å². The van der Waals surface area contributed by atoms with Crippen molar-refractivity contribution >= 4 is 22.6 Å². The molecule has 0 fully saturated rings. The van der Waals surface area contributed by atoms with Crippen LogP contribution in [0.3, 0.4) is 0 Å². The smallest absolute Gasteiger partial charge is 0.268 e. The molecule has 0 saturated carbocycles. The van der Waals surface area contributed by atoms with Crippen molar-refractivity contribution in [3.05, 3.63) is 35.4 Å². The van der Waals surface area contributed by atoms with Gasteiger partial charge in [0.05, 0.1) is 6.10 Å². The van der Waals surface area contributed by atoms with E-state index >= 15 is 0 Å². The monoisotopic (exact) mass is 340 g/mol. The molecule has 0 aliphatic rings. The first-order chi connectivity index (χ1) is 7.42. The van der Waals surface area contributed by atoms with Gasteiger partial charge in [0.25, 0.3) is 5.92 Å². The summed E-state index contributed by atoms with van der Waals surface area (Å²) in [6.45, 7) is 2.32. The molecule has 4 heteroatoms. The Morgan fingerprint density at radius 2 is 1.88 bits per heavy atom. The van der Waals surface area contributed by atoms with Gasteiger partial charge < -0.3 is 4.74 Å². The van der Waals surface area contributed by atoms with Gasteiger partial charge in [-0.3, -0.25) is 0 Å². The van der Waals surface area contributed by atoms with Crippen molar-refractivity contribution in [3.8, 4) is 0 Å². The highest BCUT2D eigenvalue weighted by Gasteiger charge is 2.23. The predicted octanol–water partition coefficient (Wildman–Crippen LogP) is 4.14. The fourth-order valence-electron chi connectivity index (χ4n) is 1.26. The molecule has 1 rings (SSSR count). The van der Waals surface area contributed by atoms with E-state index in [0.717, 1.165) is 18.1 Å². The number of aryl methyl sites for hydroxylation is 1. The molecular weight excluding hydrogens is 325 g/mol. The fourth-order valence-corrected chi connectivity index (χ4v) is 2.02. The Kier molecular flexibility index (Phi) is 5.11. The van der Waals surface area contributed by atoms with Crippen LogP contribution in [0.25, 0.3) is 0 Å². The third-order valence-corrected chi connectivity index (χ3v) is 2.93. The van der Waals surface area contributed by atoms with Crippen molar-refractivity contribution in [1.29, 1.82) is 0 Å². The summed E-state index contributed by atoms with van der Waals surface area (Å²) in [5.41, 5.74) is 2.10. The Bertz CT molecular complexity index is 319. The Morgan fingerprint density at radius 1 is 1.31 bits per heavy atom. The Morgan fingerprint density at radius 3 is 2.31 bits per heavy atom. The van der Waals surface area contributed by atoms with Crippen molar-refractivity contribution in [2.75, 3.05) is 11.0 Å². The molecule has 0 amide bonds. The minimum Gasteiger partial charge on any atom is -0.366 e. The molecule has 16 heavy (non-hydrogen) atoms. The van der Waals surface area contributed by atoms with Crippen LogP contribution in [0.5, 0.6) is 0 Å². The summed E-state index contributed by atoms with van der Waals surface area (Å²) in [7, 11) is 0. The van der Waals surface area contributed by atoms with Gasteiger partial charge in [-0.1, -0.05) is 52.4 Å². The lowest BCUT2D eigenvalue weighted by molar-refractivity contribution is -0.0824. The highest BCUT2D eigenvalue weighted by Crippen LogP contribution is 2.23. The third-order valence-electron chi connectivity index (χ3n) is 2.13. The van der Waals surface area contributed by atoms with Crippen molar-refractivity contribution in [2.24, 2.45) is 0 Å². The van der Waals surface area contributed by atoms with E-state index in [1.54, 1.807) is 0 Å². The molecule has 1 aromatic carbocycles. The molecule has 1 nitrogen and oxygen atoms in total. The van der Waals surface area contributed by atoms with E-state index in [4.69, 9.17) is 4.74 Å². The van der Waals surface area contributed by atoms with E-state index in [1.807, 2.05) is 31.2 Å². The Balaban J connectivity index is 2.64. The van der Waals surface area contributed by atoms with E-state index in [9.17, 15) is 8.78 Å². The van der Waals surface area contributed by atoms with Crippen LogP contribution in [0.15, 0.2) is 24.3 Å². The first-order valence-electron chi connectivity index (χ1n) is 5.04. The Hall–Kier alpha value is -0.230. The summed E-state index contributed by atoms with van der Waals surface area (Å²) in [5, 5.41) is 0. The predicted molar refractivity (Wildman–Crippen MR) is 69.4 cm³/mol. The first-order valence-corrected chi connectivity index (χ1v) is 6.57. The molecule has 1 atom stereocenters. The maximum atomic E-state index is 12.7. The largest absolute Gasteiger partial charge is 0.366 e. The summed E-state index contributed by atoms with van der Waals surface area (Å²) < 4.78 is 31.2. The molecular formula is C12H15F2IO. The maximum absolute atomic E-state index is 12.7. The second-order valence-corrected chi connectivity index (χ2v) is 4.82. The highest BCUT2D eigenvalue weighted by atomic mass is 127. The number of rotatable bonds is 5. The van der Waals surface area contributed by atoms with E-state index in [-0.39, 0.29) is 6.10 Å². The average Bonchev–Trinajstić information content (AvgIpc) is 2.20. The second-order valence-electron chi connectivity index (χ2n) is 3.93. The zero-order valence-electron chi connectivity index (χ0n) is 9.34. The molecule has 0 heterocycles. The molecule has 0 aliphatic carbocycles. The molecule has 0 saturated heterocycles. The molecule has 0 aliphatic heterocycles. The van der Waals surface area contributed by atoms with Crippen molar-refractivity contribution in [3.63, 3.8) is 0 Å². The van der Waals surface area contributed by atoms with Crippen molar-refractivity contribution in [2.45, 2.75) is 25.9 Å². The summed E-state index contributed by atoms with van der Waals surface area (Å²) in [5.74, 6) is -2.77. The van der Waals surface area contributed by atoms with Gasteiger partial charge in [0.1, 0.15) is 6.61 Å². The molecule has 1 unspecified atom stereocenters. The number of hydrogen-bond acceptors (Lipinski definition) is 1. The molecule has 90 valence electrons. The van der Waals surface area contributed by atoms with Gasteiger partial charge in [-0.2, -0.15) is 0 Å². The molecule has 0 aromatic heterocycles. The minimum atomic E-state index is -2.77. The van der Waals surface area contributed by atoms with Crippen molar-refractivity contribution in [1.82, 2.24) is 0 Å². The van der Waals surface area contributed by atoms with Crippen LogP contribution in [0.1, 0.15) is 24.2 Å². The normalized spacial score (nSPS) is 13.8. The van der Waals surface area contributed by atoms with Crippen LogP contribution in [-0.4, -0.2) is 17.0 Å². The number of hydrogen-bond donors (Lipinski definition) is 0. The average molecular weight is 340 g/mol. The lowest BCUT2D eigenvalue weighted by Gasteiger charge is -2.18. The van der Waals surface area contributed by atoms with E-state index < -0.39 is 12.5 Å². The van der Waals surface area contributed by atoms with Gasteiger partial charge in [-0.25, -0.2) is 8.78 Å². The molecule has 0 bridgehead atoms. The van der Waals surface area contributed by atoms with Gasteiger partial charge in [-0.15, -0.1) is 0 Å². The lowest BCUT2D eigenvalue weighted by atomic mass is 10.1. The van der Waals surface area contributed by atoms with Crippen LogP contribution in [0, 0.1) is 6.92 Å². The van der Waals surface area contributed by atoms with E-state index in [0.29, 0.717) is 4.43 Å². The molecule has 0 radical (unpaired) electrons. The van der Waals surface area contributed by atoms with Gasteiger partial charge >= 0.3 is 0 Å². The lowest BCUT2D eigenvalue weighted by Crippen LogP contribution is -2.21. The quantitative estimate of drug-likeness (QED) is 0.578. The summed E-state index contributed by atoms with van der Waals surface area (Å²) in [6, 6.07) is 7.77. The first kappa shape index (κ1) is 13.8. The van der Waals surface area contributed by atoms with Crippen LogP contribution in [-0.2, 0) is 4.74 Å². The summed E-state index contributed by atoms with van der Waals surface area (Å²) >= 11 is 2.14. The van der Waals surface area contributed by atoms with Gasteiger partial charge in [0.15, 0.2) is 0 Å². The zero-order valence-corrected chi connectivity index (χ0v) is 11.5. The SMILES string of the molecule is Cc1ccc(C(CI)OCC(C)(F)F)cc1.